The van der Waals surface area contributed by atoms with Crippen molar-refractivity contribution in [3.63, 3.8) is 0 Å². The lowest BCUT2D eigenvalue weighted by molar-refractivity contribution is -0.117. The summed E-state index contributed by atoms with van der Waals surface area (Å²) in [7, 11) is 0. The average Bonchev–Trinajstić information content (AvgIpc) is 3.02. The van der Waals surface area contributed by atoms with Gasteiger partial charge in [0.25, 0.3) is 0 Å². The van der Waals surface area contributed by atoms with E-state index in [0.29, 0.717) is 32.7 Å². The number of urea groups is 1. The minimum atomic E-state index is -0.831. The molecule has 0 unspecified atom stereocenters. The van der Waals surface area contributed by atoms with E-state index in [-0.39, 0.29) is 62.4 Å². The number of cyclic esters (lactones) is 1. The average molecular weight is 482 g/mol. The smallest absolute Gasteiger partial charge is 0.414 e. The van der Waals surface area contributed by atoms with Crippen LogP contribution in [0.25, 0.3) is 0 Å². The van der Waals surface area contributed by atoms with Gasteiger partial charge in [0.05, 0.1) is 38.6 Å². The van der Waals surface area contributed by atoms with Crippen molar-refractivity contribution in [2.24, 2.45) is 0 Å². The van der Waals surface area contributed by atoms with Crippen LogP contribution in [-0.4, -0.2) is 93.1 Å². The number of nitrogens with zero attached hydrogens (tertiary/aromatic N) is 4. The molecule has 4 rings (SSSR count). The summed E-state index contributed by atoms with van der Waals surface area (Å²) < 4.78 is 40.6. The van der Waals surface area contributed by atoms with Crippen LogP contribution in [0.1, 0.15) is 19.8 Å². The van der Waals surface area contributed by atoms with Gasteiger partial charge in [-0.15, -0.1) is 0 Å². The number of anilines is 2. The topological polar surface area (TPSA) is 91.9 Å². The number of morpholine rings is 1. The summed E-state index contributed by atoms with van der Waals surface area (Å²) >= 11 is 0. The Kier molecular flexibility index (Phi) is 7.47. The molecule has 1 aromatic carbocycles. The van der Waals surface area contributed by atoms with Crippen LogP contribution >= 0.6 is 0 Å². The fourth-order valence-corrected chi connectivity index (χ4v) is 4.19. The maximum absolute atomic E-state index is 15.1. The van der Waals surface area contributed by atoms with Crippen molar-refractivity contribution < 1.29 is 37.5 Å². The normalized spacial score (nSPS) is 21.5. The van der Waals surface area contributed by atoms with Gasteiger partial charge in [0, 0.05) is 44.7 Å². The zero-order valence-electron chi connectivity index (χ0n) is 19.0. The fraction of sp³-hybridized carbons (Fsp3) is 0.591. The fourth-order valence-electron chi connectivity index (χ4n) is 4.19. The molecule has 3 aliphatic heterocycles. The second-order valence-electron chi connectivity index (χ2n) is 8.42. The van der Waals surface area contributed by atoms with Crippen molar-refractivity contribution in [1.29, 1.82) is 0 Å². The number of benzene rings is 1. The minimum absolute atomic E-state index is 0.0254. The van der Waals surface area contributed by atoms with Crippen LogP contribution in [0.15, 0.2) is 12.1 Å². The van der Waals surface area contributed by atoms with Crippen LogP contribution in [0.3, 0.4) is 0 Å². The largest absolute Gasteiger partial charge is 0.444 e. The van der Waals surface area contributed by atoms with Crippen molar-refractivity contribution >= 4 is 29.3 Å². The molecule has 1 atom stereocenters. The third kappa shape index (κ3) is 5.39. The molecule has 3 aliphatic rings. The first-order chi connectivity index (χ1) is 16.3. The monoisotopic (exact) mass is 482 g/mol. The van der Waals surface area contributed by atoms with Crippen LogP contribution in [0.2, 0.25) is 0 Å². The van der Waals surface area contributed by atoms with Crippen molar-refractivity contribution in [3.8, 4) is 0 Å². The highest BCUT2D eigenvalue weighted by Gasteiger charge is 2.34. The van der Waals surface area contributed by atoms with Crippen LogP contribution in [0.5, 0.6) is 0 Å². The van der Waals surface area contributed by atoms with Gasteiger partial charge in [-0.05, 0) is 13.3 Å². The molecule has 0 aromatic heterocycles. The molecule has 0 radical (unpaired) electrons. The molecule has 0 aliphatic carbocycles. The lowest BCUT2D eigenvalue weighted by Crippen LogP contribution is -2.48. The van der Waals surface area contributed by atoms with Gasteiger partial charge in [-0.2, -0.15) is 0 Å². The molecule has 0 saturated carbocycles. The molecule has 0 spiro atoms. The number of carbonyl (C=O) groups is 3. The SMILES string of the molecule is CC(=O)CC[C@H]1CN(c2cc(F)c(N3CCON(C(=O)N4CCOCC4)CC3)c(F)c2)C(=O)O1. The Balaban J connectivity index is 1.42. The molecule has 3 fully saturated rings. The van der Waals surface area contributed by atoms with E-state index in [9.17, 15) is 14.4 Å². The van der Waals surface area contributed by atoms with E-state index in [1.807, 2.05) is 0 Å². The number of rotatable bonds is 5. The Morgan fingerprint density at radius 2 is 1.74 bits per heavy atom. The van der Waals surface area contributed by atoms with E-state index < -0.39 is 23.8 Å². The first-order valence-corrected chi connectivity index (χ1v) is 11.3. The highest BCUT2D eigenvalue weighted by molar-refractivity contribution is 5.90. The van der Waals surface area contributed by atoms with E-state index >= 15 is 8.78 Å². The predicted octanol–water partition coefficient (Wildman–Crippen LogP) is 2.17. The molecular weight excluding hydrogens is 454 g/mol. The van der Waals surface area contributed by atoms with Gasteiger partial charge in [0.15, 0.2) is 11.6 Å². The third-order valence-electron chi connectivity index (χ3n) is 6.00. The Morgan fingerprint density at radius 1 is 1.03 bits per heavy atom. The third-order valence-corrected chi connectivity index (χ3v) is 6.00. The van der Waals surface area contributed by atoms with Gasteiger partial charge in [-0.3, -0.25) is 9.74 Å². The zero-order chi connectivity index (χ0) is 24.2. The van der Waals surface area contributed by atoms with Gasteiger partial charge in [-0.1, -0.05) is 0 Å². The van der Waals surface area contributed by atoms with Gasteiger partial charge >= 0.3 is 12.1 Å². The minimum Gasteiger partial charge on any atom is -0.444 e. The highest BCUT2D eigenvalue weighted by Crippen LogP contribution is 2.32. The van der Waals surface area contributed by atoms with Crippen LogP contribution in [0.4, 0.5) is 29.7 Å². The molecule has 0 N–H and O–H groups in total. The summed E-state index contributed by atoms with van der Waals surface area (Å²) in [6.07, 6.45) is -0.607. The first-order valence-electron chi connectivity index (χ1n) is 11.3. The van der Waals surface area contributed by atoms with Crippen molar-refractivity contribution in [1.82, 2.24) is 9.96 Å². The molecular formula is C22H28F2N4O6. The van der Waals surface area contributed by atoms with Gasteiger partial charge in [0.2, 0.25) is 0 Å². The van der Waals surface area contributed by atoms with E-state index in [1.165, 1.54) is 16.9 Å². The highest BCUT2D eigenvalue weighted by atomic mass is 19.1. The predicted molar refractivity (Wildman–Crippen MR) is 117 cm³/mol. The number of hydrogen-bond donors (Lipinski definition) is 0. The van der Waals surface area contributed by atoms with E-state index in [2.05, 4.69) is 0 Å². The zero-order valence-corrected chi connectivity index (χ0v) is 19.0. The quantitative estimate of drug-likeness (QED) is 0.635. The summed E-state index contributed by atoms with van der Waals surface area (Å²) in [4.78, 5) is 45.8. The summed E-state index contributed by atoms with van der Waals surface area (Å²) in [6.45, 7) is 3.95. The lowest BCUT2D eigenvalue weighted by Gasteiger charge is -2.31. The van der Waals surface area contributed by atoms with Crippen molar-refractivity contribution in [3.05, 3.63) is 23.8 Å². The van der Waals surface area contributed by atoms with Crippen molar-refractivity contribution in [2.45, 2.75) is 25.9 Å². The number of amides is 3. The number of ketones is 1. The van der Waals surface area contributed by atoms with E-state index in [1.54, 1.807) is 4.90 Å². The summed E-state index contributed by atoms with van der Waals surface area (Å²) in [5, 5.41) is 1.22. The Bertz CT molecular complexity index is 919. The number of halogens is 2. The molecule has 3 amide bonds. The second kappa shape index (κ2) is 10.5. The Hall–Kier alpha value is -2.99. The molecule has 1 aromatic rings. The van der Waals surface area contributed by atoms with Gasteiger partial charge < -0.3 is 24.1 Å². The molecule has 34 heavy (non-hydrogen) atoms. The van der Waals surface area contributed by atoms with Gasteiger partial charge in [0.1, 0.15) is 17.6 Å². The molecule has 3 saturated heterocycles. The summed E-state index contributed by atoms with van der Waals surface area (Å²) in [5.74, 6) is -1.69. The maximum Gasteiger partial charge on any atom is 0.414 e. The Morgan fingerprint density at radius 3 is 2.41 bits per heavy atom. The van der Waals surface area contributed by atoms with Gasteiger partial charge in [-0.25, -0.2) is 23.4 Å². The van der Waals surface area contributed by atoms with Crippen molar-refractivity contribution in [2.75, 3.05) is 68.9 Å². The number of hydrogen-bond acceptors (Lipinski definition) is 7. The summed E-state index contributed by atoms with van der Waals surface area (Å²) in [5.41, 5.74) is -0.196. The summed E-state index contributed by atoms with van der Waals surface area (Å²) in [6, 6.07) is 1.89. The standard InChI is InChI=1S/C22H28F2N4O6/c1-15(29)2-3-17-14-27(22(31)34-17)16-12-18(23)20(19(24)13-16)25-4-5-28(33-11-8-25)21(30)26-6-9-32-10-7-26/h12-13,17H,2-11,14H2,1H3/t17-/m0/s1. The molecule has 10 nitrogen and oxygen atoms in total. The number of hydroxylamine groups is 2. The van der Waals surface area contributed by atoms with Crippen LogP contribution in [-0.2, 0) is 19.1 Å². The number of Topliss-reactive ketones (excluding diaryl/α,β-unsaturated/α-hetero) is 1. The Labute approximate surface area is 195 Å². The molecule has 3 heterocycles. The second-order valence-corrected chi connectivity index (χ2v) is 8.42. The molecule has 0 bridgehead atoms. The van der Waals surface area contributed by atoms with E-state index in [4.69, 9.17) is 14.3 Å². The maximum atomic E-state index is 15.1. The van der Waals surface area contributed by atoms with Crippen LogP contribution < -0.4 is 9.80 Å². The molecule has 186 valence electrons. The first kappa shape index (κ1) is 24.1. The van der Waals surface area contributed by atoms with E-state index in [0.717, 1.165) is 17.0 Å². The molecule has 12 heteroatoms. The number of ether oxygens (including phenoxy) is 2. The number of carbonyl (C=O) groups excluding carboxylic acids is 3. The lowest BCUT2D eigenvalue weighted by atomic mass is 10.1. The van der Waals surface area contributed by atoms with Crippen LogP contribution in [0, 0.1) is 11.6 Å².